The molecular weight excluding hydrogens is 180 g/mol. The van der Waals surface area contributed by atoms with Crippen LogP contribution in [0.2, 0.25) is 0 Å². The number of aliphatic hydroxyl groups excluding tert-OH is 1. The fraction of sp³-hybridized carbons (Fsp3) is 0.222. The summed E-state index contributed by atoms with van der Waals surface area (Å²) >= 11 is 0. The summed E-state index contributed by atoms with van der Waals surface area (Å²) < 4.78 is 1.61. The predicted molar refractivity (Wildman–Crippen MR) is 50.3 cm³/mol. The van der Waals surface area contributed by atoms with Gasteiger partial charge in [-0.25, -0.2) is 4.98 Å². The number of hydrogen-bond acceptors (Lipinski definition) is 4. The van der Waals surface area contributed by atoms with Gasteiger partial charge in [0, 0.05) is 18.0 Å². The molecule has 14 heavy (non-hydrogen) atoms. The highest BCUT2D eigenvalue weighted by Crippen LogP contribution is 2.11. The van der Waals surface area contributed by atoms with Gasteiger partial charge in [-0.3, -0.25) is 9.67 Å². The number of rotatable bonds is 3. The van der Waals surface area contributed by atoms with Crippen LogP contribution < -0.4 is 0 Å². The van der Waals surface area contributed by atoms with Gasteiger partial charge in [0.05, 0.1) is 13.2 Å². The molecule has 2 rings (SSSR count). The molecule has 5 nitrogen and oxygen atoms in total. The van der Waals surface area contributed by atoms with E-state index in [-0.39, 0.29) is 6.61 Å². The van der Waals surface area contributed by atoms with Crippen molar-refractivity contribution in [1.29, 1.82) is 0 Å². The van der Waals surface area contributed by atoms with E-state index in [1.54, 1.807) is 23.4 Å². The van der Waals surface area contributed by atoms with Crippen LogP contribution in [0.1, 0.15) is 0 Å². The molecule has 0 unspecified atom stereocenters. The fourth-order valence-electron chi connectivity index (χ4n) is 1.14. The molecule has 2 aromatic heterocycles. The first-order valence-electron chi connectivity index (χ1n) is 4.31. The van der Waals surface area contributed by atoms with Crippen LogP contribution in [0.5, 0.6) is 0 Å². The van der Waals surface area contributed by atoms with Crippen LogP contribution in [0.4, 0.5) is 0 Å². The smallest absolute Gasteiger partial charge is 0.181 e. The highest BCUT2D eigenvalue weighted by Gasteiger charge is 2.02. The average molecular weight is 190 g/mol. The molecular formula is C9H10N4O. The molecule has 72 valence electrons. The van der Waals surface area contributed by atoms with Gasteiger partial charge in [0.15, 0.2) is 5.82 Å². The Hall–Kier alpha value is -1.75. The van der Waals surface area contributed by atoms with Crippen molar-refractivity contribution in [3.8, 4) is 11.4 Å². The quantitative estimate of drug-likeness (QED) is 0.757. The van der Waals surface area contributed by atoms with E-state index in [1.807, 2.05) is 12.1 Å². The van der Waals surface area contributed by atoms with Crippen molar-refractivity contribution in [3.63, 3.8) is 0 Å². The first kappa shape index (κ1) is 8.83. The third-order valence-electron chi connectivity index (χ3n) is 1.80. The van der Waals surface area contributed by atoms with Crippen molar-refractivity contribution in [3.05, 3.63) is 30.9 Å². The van der Waals surface area contributed by atoms with Crippen LogP contribution in [0.3, 0.4) is 0 Å². The monoisotopic (exact) mass is 190 g/mol. The summed E-state index contributed by atoms with van der Waals surface area (Å²) in [5.41, 5.74) is 0.927. The maximum Gasteiger partial charge on any atom is 0.181 e. The molecule has 0 aliphatic rings. The van der Waals surface area contributed by atoms with Crippen LogP contribution in [0, 0.1) is 0 Å². The Morgan fingerprint density at radius 2 is 2.07 bits per heavy atom. The third-order valence-corrected chi connectivity index (χ3v) is 1.80. The van der Waals surface area contributed by atoms with Crippen LogP contribution in [-0.2, 0) is 6.54 Å². The Morgan fingerprint density at radius 3 is 2.79 bits per heavy atom. The first-order valence-corrected chi connectivity index (χ1v) is 4.31. The molecule has 1 N–H and O–H groups in total. The summed E-state index contributed by atoms with van der Waals surface area (Å²) in [6, 6.07) is 3.69. The first-order chi connectivity index (χ1) is 6.90. The normalized spacial score (nSPS) is 10.4. The molecule has 0 atom stereocenters. The molecule has 0 spiro atoms. The summed E-state index contributed by atoms with van der Waals surface area (Å²) in [7, 11) is 0. The van der Waals surface area contributed by atoms with Crippen LogP contribution in [0.15, 0.2) is 30.9 Å². The fourth-order valence-corrected chi connectivity index (χ4v) is 1.14. The second-order valence-corrected chi connectivity index (χ2v) is 2.79. The van der Waals surface area contributed by atoms with E-state index in [4.69, 9.17) is 5.11 Å². The minimum absolute atomic E-state index is 0.0686. The van der Waals surface area contributed by atoms with E-state index in [1.165, 1.54) is 0 Å². The standard InChI is InChI=1S/C9H10N4O/c14-6-5-13-7-11-9(12-13)8-1-3-10-4-2-8/h1-4,7,14H,5-6H2. The minimum Gasteiger partial charge on any atom is -0.394 e. The molecule has 0 fully saturated rings. The zero-order chi connectivity index (χ0) is 9.80. The summed E-state index contributed by atoms with van der Waals surface area (Å²) in [4.78, 5) is 8.03. The van der Waals surface area contributed by atoms with Crippen LogP contribution in [0.25, 0.3) is 11.4 Å². The SMILES string of the molecule is OCCn1cnc(-c2ccncc2)n1. The molecule has 5 heteroatoms. The third kappa shape index (κ3) is 1.77. The number of aliphatic hydroxyl groups is 1. The Morgan fingerprint density at radius 1 is 1.29 bits per heavy atom. The van der Waals surface area contributed by atoms with Gasteiger partial charge in [-0.15, -0.1) is 0 Å². The van der Waals surface area contributed by atoms with Gasteiger partial charge in [-0.1, -0.05) is 0 Å². The van der Waals surface area contributed by atoms with Gasteiger partial charge in [0.25, 0.3) is 0 Å². The van der Waals surface area contributed by atoms with Crippen LogP contribution in [-0.4, -0.2) is 31.5 Å². The lowest BCUT2D eigenvalue weighted by atomic mass is 10.3. The van der Waals surface area contributed by atoms with Gasteiger partial charge in [0.1, 0.15) is 6.33 Å². The molecule has 0 saturated heterocycles. The van der Waals surface area contributed by atoms with Crippen molar-refractivity contribution in [2.24, 2.45) is 0 Å². The number of hydrogen-bond donors (Lipinski definition) is 1. The summed E-state index contributed by atoms with van der Waals surface area (Å²) in [5, 5.41) is 12.9. The summed E-state index contributed by atoms with van der Waals surface area (Å²) in [6.45, 7) is 0.539. The molecule has 0 saturated carbocycles. The van der Waals surface area contributed by atoms with Gasteiger partial charge in [-0.05, 0) is 12.1 Å². The average Bonchev–Trinajstić information content (AvgIpc) is 2.68. The molecule has 2 heterocycles. The van der Waals surface area contributed by atoms with E-state index >= 15 is 0 Å². The number of nitrogens with zero attached hydrogens (tertiary/aromatic N) is 4. The molecule has 0 bridgehead atoms. The van der Waals surface area contributed by atoms with Crippen molar-refractivity contribution < 1.29 is 5.11 Å². The Bertz CT molecular complexity index is 398. The highest BCUT2D eigenvalue weighted by atomic mass is 16.3. The predicted octanol–water partition coefficient (Wildman–Crippen LogP) is 0.332. The van der Waals surface area contributed by atoms with Crippen LogP contribution >= 0.6 is 0 Å². The Balaban J connectivity index is 2.25. The molecule has 0 amide bonds. The zero-order valence-electron chi connectivity index (χ0n) is 7.54. The summed E-state index contributed by atoms with van der Waals surface area (Å²) in [5.74, 6) is 0.654. The van der Waals surface area contributed by atoms with Crippen molar-refractivity contribution >= 4 is 0 Å². The molecule has 0 radical (unpaired) electrons. The Kier molecular flexibility index (Phi) is 2.51. The van der Waals surface area contributed by atoms with Gasteiger partial charge >= 0.3 is 0 Å². The van der Waals surface area contributed by atoms with E-state index in [0.29, 0.717) is 12.4 Å². The van der Waals surface area contributed by atoms with E-state index in [0.717, 1.165) is 5.56 Å². The lowest BCUT2D eigenvalue weighted by molar-refractivity contribution is 0.269. The van der Waals surface area contributed by atoms with E-state index in [9.17, 15) is 0 Å². The van der Waals surface area contributed by atoms with Gasteiger partial charge in [0.2, 0.25) is 0 Å². The lowest BCUT2D eigenvalue weighted by Crippen LogP contribution is -2.02. The molecule has 0 aliphatic heterocycles. The topological polar surface area (TPSA) is 63.8 Å². The number of aromatic nitrogens is 4. The lowest BCUT2D eigenvalue weighted by Gasteiger charge is -1.94. The second-order valence-electron chi connectivity index (χ2n) is 2.79. The van der Waals surface area contributed by atoms with E-state index < -0.39 is 0 Å². The van der Waals surface area contributed by atoms with Crippen molar-refractivity contribution in [1.82, 2.24) is 19.7 Å². The maximum absolute atomic E-state index is 8.70. The molecule has 2 aromatic rings. The Labute approximate surface area is 81.1 Å². The van der Waals surface area contributed by atoms with Crippen molar-refractivity contribution in [2.45, 2.75) is 6.54 Å². The number of pyridine rings is 1. The van der Waals surface area contributed by atoms with Gasteiger partial charge < -0.3 is 5.11 Å². The molecule has 0 aromatic carbocycles. The highest BCUT2D eigenvalue weighted by molar-refractivity contribution is 5.52. The zero-order valence-corrected chi connectivity index (χ0v) is 7.54. The second kappa shape index (κ2) is 3.97. The van der Waals surface area contributed by atoms with Crippen molar-refractivity contribution in [2.75, 3.05) is 6.61 Å². The van der Waals surface area contributed by atoms with Gasteiger partial charge in [-0.2, -0.15) is 5.10 Å². The van der Waals surface area contributed by atoms with E-state index in [2.05, 4.69) is 15.1 Å². The maximum atomic E-state index is 8.70. The molecule has 0 aliphatic carbocycles. The minimum atomic E-state index is 0.0686. The largest absolute Gasteiger partial charge is 0.394 e. The summed E-state index contributed by atoms with van der Waals surface area (Å²) in [6.07, 6.45) is 5.00.